The molecule has 3 heteroatoms. The lowest BCUT2D eigenvalue weighted by atomic mass is 9.99. The molecular formula is C42H27NS2. The minimum Gasteiger partial charge on any atom is -0.308 e. The summed E-state index contributed by atoms with van der Waals surface area (Å²) in [6.45, 7) is 0. The number of para-hydroxylation sites is 1. The second-order valence-electron chi connectivity index (χ2n) is 11.3. The second kappa shape index (κ2) is 10.7. The summed E-state index contributed by atoms with van der Waals surface area (Å²) < 4.78 is 5.26. The van der Waals surface area contributed by atoms with Crippen LogP contribution in [0.2, 0.25) is 0 Å². The highest BCUT2D eigenvalue weighted by atomic mass is 32.1. The van der Waals surface area contributed by atoms with Crippen LogP contribution in [0.15, 0.2) is 164 Å². The summed E-state index contributed by atoms with van der Waals surface area (Å²) in [5, 5.41) is 5.26. The number of hydrogen-bond donors (Lipinski definition) is 0. The van der Waals surface area contributed by atoms with Gasteiger partial charge in [-0.05, 0) is 59.2 Å². The van der Waals surface area contributed by atoms with Gasteiger partial charge < -0.3 is 4.90 Å². The van der Waals surface area contributed by atoms with Crippen molar-refractivity contribution in [2.24, 2.45) is 0 Å². The van der Waals surface area contributed by atoms with E-state index in [-0.39, 0.29) is 0 Å². The van der Waals surface area contributed by atoms with Crippen LogP contribution in [0.5, 0.6) is 0 Å². The second-order valence-corrected chi connectivity index (χ2v) is 13.5. The molecule has 0 saturated carbocycles. The lowest BCUT2D eigenvalue weighted by molar-refractivity contribution is 1.30. The van der Waals surface area contributed by atoms with Crippen molar-refractivity contribution < 1.29 is 0 Å². The molecule has 1 nitrogen and oxygen atoms in total. The molecule has 0 fully saturated rings. The average molecular weight is 610 g/mol. The Morgan fingerprint density at radius 2 is 0.911 bits per heavy atom. The third-order valence-corrected chi connectivity index (χ3v) is 11.0. The van der Waals surface area contributed by atoms with Crippen molar-refractivity contribution in [3.8, 4) is 22.3 Å². The van der Waals surface area contributed by atoms with Gasteiger partial charge in [0.05, 0.1) is 10.4 Å². The van der Waals surface area contributed by atoms with Gasteiger partial charge in [-0.25, -0.2) is 0 Å². The fraction of sp³-hybridized carbons (Fsp3) is 0. The first kappa shape index (κ1) is 26.2. The molecule has 0 unspecified atom stereocenters. The number of hydrogen-bond acceptors (Lipinski definition) is 3. The normalized spacial score (nSPS) is 11.6. The first-order chi connectivity index (χ1) is 22.3. The fourth-order valence-corrected chi connectivity index (χ4v) is 8.93. The first-order valence-corrected chi connectivity index (χ1v) is 16.8. The number of anilines is 3. The van der Waals surface area contributed by atoms with Gasteiger partial charge in [-0.15, -0.1) is 22.7 Å². The zero-order valence-corrected chi connectivity index (χ0v) is 26.0. The van der Waals surface area contributed by atoms with E-state index in [1.165, 1.54) is 68.3 Å². The highest BCUT2D eigenvalue weighted by molar-refractivity contribution is 7.26. The smallest absolute Gasteiger partial charge is 0.0718 e. The van der Waals surface area contributed by atoms with Gasteiger partial charge in [-0.3, -0.25) is 0 Å². The Morgan fingerprint density at radius 3 is 1.67 bits per heavy atom. The van der Waals surface area contributed by atoms with Crippen molar-refractivity contribution in [3.05, 3.63) is 164 Å². The summed E-state index contributed by atoms with van der Waals surface area (Å²) in [5.74, 6) is 0. The standard InChI is InChI=1S/C42H27NS2/c1-3-11-29(12-4-1)33-25-26-37-35-16-8-10-18-39(35)45-42(37)41(33)43(31-13-5-2-6-14-31)32-22-19-28(20-23-32)30-21-24-36-34-15-7-9-17-38(34)44-40(36)27-30/h1-27H. The van der Waals surface area contributed by atoms with Crippen LogP contribution in [0.4, 0.5) is 17.1 Å². The van der Waals surface area contributed by atoms with Gasteiger partial charge >= 0.3 is 0 Å². The van der Waals surface area contributed by atoms with Gasteiger partial charge in [-0.2, -0.15) is 0 Å². The van der Waals surface area contributed by atoms with Crippen LogP contribution in [0.3, 0.4) is 0 Å². The summed E-state index contributed by atoms with van der Waals surface area (Å²) in [6, 6.07) is 59.6. The third kappa shape index (κ3) is 4.43. The molecule has 9 rings (SSSR count). The monoisotopic (exact) mass is 609 g/mol. The van der Waals surface area contributed by atoms with E-state index in [0.29, 0.717) is 0 Å². The Bertz CT molecular complexity index is 2470. The third-order valence-electron chi connectivity index (χ3n) is 8.68. The van der Waals surface area contributed by atoms with Crippen molar-refractivity contribution in [3.63, 3.8) is 0 Å². The van der Waals surface area contributed by atoms with E-state index < -0.39 is 0 Å². The summed E-state index contributed by atoms with van der Waals surface area (Å²) in [5.41, 5.74) is 8.37. The molecule has 9 aromatic rings. The Kier molecular flexibility index (Phi) is 6.26. The molecule has 0 N–H and O–H groups in total. The van der Waals surface area contributed by atoms with Crippen molar-refractivity contribution >= 4 is 80.1 Å². The maximum atomic E-state index is 2.44. The van der Waals surface area contributed by atoms with Crippen LogP contribution < -0.4 is 4.90 Å². The van der Waals surface area contributed by atoms with E-state index in [1.807, 2.05) is 22.7 Å². The van der Waals surface area contributed by atoms with Crippen molar-refractivity contribution in [1.82, 2.24) is 0 Å². The maximum absolute atomic E-state index is 2.44. The van der Waals surface area contributed by atoms with Gasteiger partial charge in [0.1, 0.15) is 0 Å². The predicted octanol–water partition coefficient (Wildman–Crippen LogP) is 13.2. The topological polar surface area (TPSA) is 3.24 Å². The van der Waals surface area contributed by atoms with Gasteiger partial charge in [0.2, 0.25) is 0 Å². The molecule has 7 aromatic carbocycles. The van der Waals surface area contributed by atoms with E-state index in [2.05, 4.69) is 169 Å². The molecule has 212 valence electrons. The molecule has 2 aromatic heterocycles. The Labute approximate surface area is 269 Å². The van der Waals surface area contributed by atoms with Crippen LogP contribution >= 0.6 is 22.7 Å². The van der Waals surface area contributed by atoms with E-state index in [0.717, 1.165) is 11.4 Å². The molecule has 0 spiro atoms. The number of fused-ring (bicyclic) bond motifs is 6. The number of benzene rings is 7. The van der Waals surface area contributed by atoms with Crippen LogP contribution in [0, 0.1) is 0 Å². The number of nitrogens with zero attached hydrogens (tertiary/aromatic N) is 1. The van der Waals surface area contributed by atoms with Crippen LogP contribution in [0.25, 0.3) is 62.6 Å². The Hall–Kier alpha value is -5.22. The first-order valence-electron chi connectivity index (χ1n) is 15.2. The number of thiophene rings is 2. The van der Waals surface area contributed by atoms with Gasteiger partial charge in [0.25, 0.3) is 0 Å². The molecule has 0 bridgehead atoms. The van der Waals surface area contributed by atoms with Gasteiger partial charge in [-0.1, -0.05) is 121 Å². The quantitative estimate of drug-likeness (QED) is 0.188. The summed E-state index contributed by atoms with van der Waals surface area (Å²) in [6.07, 6.45) is 0. The molecule has 45 heavy (non-hydrogen) atoms. The van der Waals surface area contributed by atoms with E-state index in [9.17, 15) is 0 Å². The fourth-order valence-electron chi connectivity index (χ4n) is 6.54. The summed E-state index contributed by atoms with van der Waals surface area (Å²) in [7, 11) is 0. The zero-order valence-electron chi connectivity index (χ0n) is 24.4. The Balaban J connectivity index is 1.24. The van der Waals surface area contributed by atoms with Crippen LogP contribution in [0.1, 0.15) is 0 Å². The lowest BCUT2D eigenvalue weighted by Crippen LogP contribution is -2.11. The largest absolute Gasteiger partial charge is 0.308 e. The van der Waals surface area contributed by atoms with E-state index in [1.54, 1.807) is 0 Å². The van der Waals surface area contributed by atoms with Crippen molar-refractivity contribution in [1.29, 1.82) is 0 Å². The summed E-state index contributed by atoms with van der Waals surface area (Å²) in [4.78, 5) is 2.44. The molecule has 2 heterocycles. The molecule has 0 aliphatic heterocycles. The maximum Gasteiger partial charge on any atom is 0.0718 e. The minimum atomic E-state index is 1.13. The minimum absolute atomic E-state index is 1.13. The lowest BCUT2D eigenvalue weighted by Gasteiger charge is -2.28. The van der Waals surface area contributed by atoms with Crippen molar-refractivity contribution in [2.45, 2.75) is 0 Å². The van der Waals surface area contributed by atoms with Crippen molar-refractivity contribution in [2.75, 3.05) is 4.90 Å². The van der Waals surface area contributed by atoms with Crippen LogP contribution in [-0.2, 0) is 0 Å². The van der Waals surface area contributed by atoms with Crippen LogP contribution in [-0.4, -0.2) is 0 Å². The molecule has 0 aliphatic carbocycles. The molecular weight excluding hydrogens is 583 g/mol. The SMILES string of the molecule is c1ccc(-c2ccc3c(sc4ccccc43)c2N(c2ccccc2)c2ccc(-c3ccc4c(c3)sc3ccccc34)cc2)cc1. The molecule has 0 radical (unpaired) electrons. The van der Waals surface area contributed by atoms with E-state index >= 15 is 0 Å². The Morgan fingerprint density at radius 1 is 0.356 bits per heavy atom. The van der Waals surface area contributed by atoms with Gasteiger partial charge in [0, 0.05) is 52.6 Å². The predicted molar refractivity (Wildman–Crippen MR) is 198 cm³/mol. The highest BCUT2D eigenvalue weighted by Gasteiger charge is 2.22. The number of rotatable bonds is 5. The molecule has 0 atom stereocenters. The average Bonchev–Trinajstić information content (AvgIpc) is 3.68. The molecule has 0 amide bonds. The highest BCUT2D eigenvalue weighted by Crippen LogP contribution is 2.49. The zero-order chi connectivity index (χ0) is 29.7. The van der Waals surface area contributed by atoms with E-state index in [4.69, 9.17) is 0 Å². The summed E-state index contributed by atoms with van der Waals surface area (Å²) >= 11 is 3.75. The van der Waals surface area contributed by atoms with Gasteiger partial charge in [0.15, 0.2) is 0 Å². The molecule has 0 saturated heterocycles. The molecule has 0 aliphatic rings.